The maximum atomic E-state index is 8.58. The molecule has 0 rings (SSSR count). The van der Waals surface area contributed by atoms with Crippen LogP contribution in [-0.4, -0.2) is 0 Å². The Morgan fingerprint density at radius 3 is 1.14 bits per heavy atom. The molecule has 7 heavy (non-hydrogen) atoms. The summed E-state index contributed by atoms with van der Waals surface area (Å²) in [6, 6.07) is 0. The first-order valence-corrected chi connectivity index (χ1v) is 2.54. The van der Waals surface area contributed by atoms with Gasteiger partial charge in [0, 0.05) is 0 Å². The number of hydrogen-bond donors (Lipinski definition) is 0. The van der Waals surface area contributed by atoms with E-state index in [2.05, 4.69) is 0 Å². The second-order valence-corrected chi connectivity index (χ2v) is 1.56. The van der Waals surface area contributed by atoms with Crippen LogP contribution in [0.5, 0.6) is 0 Å². The molecule has 0 saturated carbocycles. The molecule has 0 fully saturated rings. The van der Waals surface area contributed by atoms with Crippen molar-refractivity contribution >= 4 is 0 Å². The van der Waals surface area contributed by atoms with Crippen molar-refractivity contribution in [3.05, 3.63) is 0 Å². The van der Waals surface area contributed by atoms with Crippen molar-refractivity contribution in [1.29, 1.82) is 0 Å². The summed E-state index contributed by atoms with van der Waals surface area (Å²) in [7, 11) is 0. The zero-order valence-electron chi connectivity index (χ0n) is 3.33. The Labute approximate surface area is 64.7 Å². The second-order valence-electron chi connectivity index (χ2n) is 0.378. The SMILES string of the molecule is [Li+].[Ni+2].[O]=[Mn](=[O])([O-])[O-]. The van der Waals surface area contributed by atoms with Gasteiger partial charge < -0.3 is 0 Å². The Morgan fingerprint density at radius 1 is 1.14 bits per heavy atom. The molecule has 0 spiro atoms. The van der Waals surface area contributed by atoms with Gasteiger partial charge in [0.15, 0.2) is 0 Å². The predicted molar refractivity (Wildman–Crippen MR) is 1.37 cm³/mol. The van der Waals surface area contributed by atoms with E-state index in [-0.39, 0.29) is 35.4 Å². The van der Waals surface area contributed by atoms with Crippen molar-refractivity contribution in [2.75, 3.05) is 0 Å². The second kappa shape index (κ2) is 5.27. The first-order chi connectivity index (χ1) is 2.00. The molecule has 0 aliphatic carbocycles. The molecule has 7 heteroatoms. The van der Waals surface area contributed by atoms with E-state index in [1.54, 1.807) is 0 Å². The van der Waals surface area contributed by atoms with Crippen LogP contribution < -0.4 is 27.2 Å². The van der Waals surface area contributed by atoms with Crippen LogP contribution in [-0.2, 0) is 37.5 Å². The van der Waals surface area contributed by atoms with Crippen molar-refractivity contribution < 1.29 is 64.8 Å². The van der Waals surface area contributed by atoms with Gasteiger partial charge in [0.05, 0.1) is 0 Å². The molecule has 0 aromatic heterocycles. The third-order valence-corrected chi connectivity index (χ3v) is 0. The first-order valence-electron chi connectivity index (χ1n) is 0.617. The number of hydrogen-bond acceptors (Lipinski definition) is 4. The van der Waals surface area contributed by atoms with Crippen LogP contribution in [0.25, 0.3) is 0 Å². The van der Waals surface area contributed by atoms with E-state index < -0.39 is 13.4 Å². The zero-order valence-corrected chi connectivity index (χ0v) is 5.50. The van der Waals surface area contributed by atoms with Gasteiger partial charge in [-0.05, 0) is 0 Å². The van der Waals surface area contributed by atoms with Crippen LogP contribution >= 0.6 is 0 Å². The van der Waals surface area contributed by atoms with E-state index in [1.807, 2.05) is 0 Å². The Hall–Kier alpha value is 1.13. The van der Waals surface area contributed by atoms with E-state index in [1.165, 1.54) is 0 Å². The molecule has 0 unspecified atom stereocenters. The van der Waals surface area contributed by atoms with Gasteiger partial charge in [-0.15, -0.1) is 0 Å². The minimum atomic E-state index is -5.62. The summed E-state index contributed by atoms with van der Waals surface area (Å²) in [6.45, 7) is 0. The van der Waals surface area contributed by atoms with Crippen LogP contribution in [0, 0.1) is 0 Å². The molecule has 0 aliphatic heterocycles. The fourth-order valence-electron chi connectivity index (χ4n) is 0. The molecule has 0 saturated heterocycles. The zero-order chi connectivity index (χ0) is 4.50. The summed E-state index contributed by atoms with van der Waals surface area (Å²) >= 11 is -5.62. The fourth-order valence-corrected chi connectivity index (χ4v) is 0. The van der Waals surface area contributed by atoms with Crippen LogP contribution in [0.15, 0.2) is 0 Å². The molecule has 0 bridgehead atoms. The molecular weight excluding hydrogens is 185 g/mol. The maximum absolute atomic E-state index is 8.58. The topological polar surface area (TPSA) is 80.3 Å². The van der Waals surface area contributed by atoms with Crippen molar-refractivity contribution in [2.45, 2.75) is 0 Å². The average Bonchev–Trinajstić information content (AvgIpc) is 0.722. The van der Waals surface area contributed by atoms with Crippen LogP contribution in [0.2, 0.25) is 0 Å². The molecule has 0 aliphatic rings. The predicted octanol–water partition coefficient (Wildman–Crippen LogP) is -5.62. The van der Waals surface area contributed by atoms with Crippen molar-refractivity contribution in [2.24, 2.45) is 0 Å². The summed E-state index contributed by atoms with van der Waals surface area (Å²) in [5.74, 6) is 0. The van der Waals surface area contributed by atoms with Gasteiger partial charge in [-0.2, -0.15) is 0 Å². The molecule has 0 aromatic carbocycles. The molecule has 0 N–H and O–H groups in total. The summed E-state index contributed by atoms with van der Waals surface area (Å²) in [5, 5.41) is 0. The van der Waals surface area contributed by atoms with Gasteiger partial charge in [-0.3, -0.25) is 0 Å². The molecule has 4 nitrogen and oxygen atoms in total. The third-order valence-electron chi connectivity index (χ3n) is 0. The van der Waals surface area contributed by atoms with E-state index in [0.717, 1.165) is 0 Å². The Morgan fingerprint density at radius 2 is 1.14 bits per heavy atom. The van der Waals surface area contributed by atoms with Crippen LogP contribution in [0.1, 0.15) is 0 Å². The molecule has 0 radical (unpaired) electrons. The van der Waals surface area contributed by atoms with Gasteiger partial charge in [0.1, 0.15) is 0 Å². The van der Waals surface area contributed by atoms with Gasteiger partial charge >= 0.3 is 64.8 Å². The van der Waals surface area contributed by atoms with Gasteiger partial charge in [-0.1, -0.05) is 0 Å². The monoisotopic (exact) mass is 184 g/mol. The molecule has 0 atom stereocenters. The summed E-state index contributed by atoms with van der Waals surface area (Å²) in [4.78, 5) is 0. The summed E-state index contributed by atoms with van der Waals surface area (Å²) < 4.78 is 34.3. The van der Waals surface area contributed by atoms with E-state index >= 15 is 0 Å². The van der Waals surface area contributed by atoms with Crippen molar-refractivity contribution in [3.8, 4) is 0 Å². The molecule has 41 valence electrons. The Kier molecular flexibility index (Phi) is 11.8. The van der Waals surface area contributed by atoms with E-state index in [0.29, 0.717) is 0 Å². The van der Waals surface area contributed by atoms with Gasteiger partial charge in [0.25, 0.3) is 0 Å². The van der Waals surface area contributed by atoms with Gasteiger partial charge in [-0.25, -0.2) is 0 Å². The summed E-state index contributed by atoms with van der Waals surface area (Å²) in [5.41, 5.74) is 0. The van der Waals surface area contributed by atoms with E-state index in [4.69, 9.17) is 16.0 Å². The molecule has 0 amide bonds. The fraction of sp³-hybridized carbons (Fsp3) is 0. The van der Waals surface area contributed by atoms with Crippen LogP contribution in [0.4, 0.5) is 0 Å². The Bertz CT molecular complexity index is 94.9. The average molecular weight is 185 g/mol. The third kappa shape index (κ3) is 147. The first kappa shape index (κ1) is 15.7. The van der Waals surface area contributed by atoms with Crippen molar-refractivity contribution in [3.63, 3.8) is 0 Å². The van der Waals surface area contributed by atoms with Crippen LogP contribution in [0.3, 0.4) is 0 Å². The minimum absolute atomic E-state index is 0. The normalized spacial score (nSPS) is 8.29. The molecule has 0 aromatic rings. The number of rotatable bonds is 0. The van der Waals surface area contributed by atoms with E-state index in [9.17, 15) is 0 Å². The quantitative estimate of drug-likeness (QED) is 0.352. The molecular formula is LiMnNiO4+. The Balaban J connectivity index is -0.0000000800. The summed E-state index contributed by atoms with van der Waals surface area (Å²) in [6.07, 6.45) is 0. The van der Waals surface area contributed by atoms with Gasteiger partial charge in [0.2, 0.25) is 0 Å². The van der Waals surface area contributed by atoms with Crippen molar-refractivity contribution in [1.82, 2.24) is 0 Å². The molecule has 0 heterocycles. The standard InChI is InChI=1S/Li.Mn.Ni.4O/q+1;;+2;;;2*-1.